The second kappa shape index (κ2) is 4.28. The molecule has 0 bridgehead atoms. The molecule has 4 heteroatoms. The normalized spacial score (nSPS) is 21.1. The van der Waals surface area contributed by atoms with E-state index in [4.69, 9.17) is 5.26 Å². The molecule has 0 radical (unpaired) electrons. The van der Waals surface area contributed by atoms with E-state index < -0.39 is 0 Å². The van der Waals surface area contributed by atoms with Crippen LogP contribution in [0.15, 0.2) is 18.2 Å². The van der Waals surface area contributed by atoms with Crippen LogP contribution >= 0.6 is 0 Å². The summed E-state index contributed by atoms with van der Waals surface area (Å²) < 4.78 is 0. The van der Waals surface area contributed by atoms with Crippen molar-refractivity contribution in [3.63, 3.8) is 0 Å². The Hall–Kier alpha value is -1.60. The van der Waals surface area contributed by atoms with Gasteiger partial charge in [-0.15, -0.1) is 0 Å². The summed E-state index contributed by atoms with van der Waals surface area (Å²) in [6.45, 7) is 5.02. The number of nitrogens with zero attached hydrogens (tertiary/aromatic N) is 3. The largest absolute Gasteiger partial charge is 0.354 e. The van der Waals surface area contributed by atoms with E-state index in [2.05, 4.69) is 28.2 Å². The van der Waals surface area contributed by atoms with E-state index in [1.807, 2.05) is 12.1 Å². The first kappa shape index (κ1) is 9.94. The second-order valence-corrected chi connectivity index (χ2v) is 3.79. The van der Waals surface area contributed by atoms with Crippen molar-refractivity contribution in [3.8, 4) is 6.07 Å². The van der Waals surface area contributed by atoms with Gasteiger partial charge in [0.25, 0.3) is 0 Å². The first-order valence-electron chi connectivity index (χ1n) is 5.15. The van der Waals surface area contributed by atoms with Crippen molar-refractivity contribution < 1.29 is 0 Å². The zero-order valence-corrected chi connectivity index (χ0v) is 8.77. The summed E-state index contributed by atoms with van der Waals surface area (Å²) in [4.78, 5) is 6.50. The maximum Gasteiger partial charge on any atom is 0.142 e. The Morgan fingerprint density at radius 3 is 3.20 bits per heavy atom. The number of aromatic nitrogens is 1. The van der Waals surface area contributed by atoms with Gasteiger partial charge in [0, 0.05) is 25.7 Å². The average Bonchev–Trinajstić information content (AvgIpc) is 2.29. The van der Waals surface area contributed by atoms with Crippen LogP contribution in [0.1, 0.15) is 12.6 Å². The molecule has 15 heavy (non-hydrogen) atoms. The van der Waals surface area contributed by atoms with Crippen molar-refractivity contribution in [3.05, 3.63) is 23.9 Å². The number of hydrogen-bond donors (Lipinski definition) is 1. The van der Waals surface area contributed by atoms with Gasteiger partial charge in [0.1, 0.15) is 17.6 Å². The van der Waals surface area contributed by atoms with E-state index in [0.29, 0.717) is 11.7 Å². The summed E-state index contributed by atoms with van der Waals surface area (Å²) in [7, 11) is 0. The lowest BCUT2D eigenvalue weighted by atomic mass is 10.2. The molecule has 0 aliphatic carbocycles. The number of hydrogen-bond acceptors (Lipinski definition) is 4. The van der Waals surface area contributed by atoms with Gasteiger partial charge in [-0.05, 0) is 19.1 Å². The number of nitrogens with one attached hydrogen (secondary N) is 1. The van der Waals surface area contributed by atoms with Crippen molar-refractivity contribution in [1.29, 1.82) is 5.26 Å². The topological polar surface area (TPSA) is 52.0 Å². The molecule has 1 N–H and O–H groups in total. The molecule has 1 saturated heterocycles. The maximum absolute atomic E-state index is 8.77. The van der Waals surface area contributed by atoms with Crippen LogP contribution in [0.2, 0.25) is 0 Å². The molecule has 4 nitrogen and oxygen atoms in total. The van der Waals surface area contributed by atoms with Gasteiger partial charge in [-0.1, -0.05) is 6.07 Å². The van der Waals surface area contributed by atoms with Gasteiger partial charge < -0.3 is 10.2 Å². The second-order valence-electron chi connectivity index (χ2n) is 3.79. The van der Waals surface area contributed by atoms with Crippen molar-refractivity contribution in [2.24, 2.45) is 0 Å². The standard InChI is InChI=1S/C11H14N4/c1-9-8-15(6-5-13-9)11-4-2-3-10(7-12)14-11/h2-4,9,13H,5-6,8H2,1H3. The number of rotatable bonds is 1. The van der Waals surface area contributed by atoms with Crippen LogP contribution in [0.3, 0.4) is 0 Å². The molecule has 2 rings (SSSR count). The Morgan fingerprint density at radius 1 is 1.60 bits per heavy atom. The quantitative estimate of drug-likeness (QED) is 0.730. The van der Waals surface area contributed by atoms with Crippen LogP contribution < -0.4 is 10.2 Å². The highest BCUT2D eigenvalue weighted by Crippen LogP contribution is 2.13. The van der Waals surface area contributed by atoms with Crippen molar-refractivity contribution in [2.75, 3.05) is 24.5 Å². The lowest BCUT2D eigenvalue weighted by molar-refractivity contribution is 0.482. The molecule has 0 aromatic carbocycles. The Kier molecular flexibility index (Phi) is 2.84. The third kappa shape index (κ3) is 2.25. The molecule has 0 saturated carbocycles. The van der Waals surface area contributed by atoms with Crippen molar-refractivity contribution >= 4 is 5.82 Å². The molecule has 1 aliphatic heterocycles. The highest BCUT2D eigenvalue weighted by molar-refractivity contribution is 5.42. The van der Waals surface area contributed by atoms with E-state index in [0.717, 1.165) is 25.5 Å². The highest BCUT2D eigenvalue weighted by atomic mass is 15.2. The average molecular weight is 202 g/mol. The van der Waals surface area contributed by atoms with Gasteiger partial charge in [0.05, 0.1) is 0 Å². The SMILES string of the molecule is CC1CN(c2cccc(C#N)n2)CCN1. The number of nitriles is 1. The number of pyridine rings is 1. The Balaban J connectivity index is 2.18. The highest BCUT2D eigenvalue weighted by Gasteiger charge is 2.16. The third-order valence-electron chi connectivity index (χ3n) is 2.54. The summed E-state index contributed by atoms with van der Waals surface area (Å²) in [5, 5.41) is 12.1. The maximum atomic E-state index is 8.77. The lowest BCUT2D eigenvalue weighted by Crippen LogP contribution is -2.49. The van der Waals surface area contributed by atoms with Crippen LogP contribution in [0.25, 0.3) is 0 Å². The zero-order valence-electron chi connectivity index (χ0n) is 8.77. The summed E-state index contributed by atoms with van der Waals surface area (Å²) in [6.07, 6.45) is 0. The zero-order chi connectivity index (χ0) is 10.7. The molecule has 1 aromatic rings. The third-order valence-corrected chi connectivity index (χ3v) is 2.54. The molecule has 1 aromatic heterocycles. The van der Waals surface area contributed by atoms with E-state index in [1.165, 1.54) is 0 Å². The van der Waals surface area contributed by atoms with Crippen LogP contribution in [-0.2, 0) is 0 Å². The minimum Gasteiger partial charge on any atom is -0.354 e. The summed E-state index contributed by atoms with van der Waals surface area (Å²) >= 11 is 0. The molecule has 0 amide bonds. The van der Waals surface area contributed by atoms with Gasteiger partial charge in [-0.25, -0.2) is 4.98 Å². The summed E-state index contributed by atoms with van der Waals surface area (Å²) in [5.41, 5.74) is 0.485. The van der Waals surface area contributed by atoms with Crippen LogP contribution in [0.5, 0.6) is 0 Å². The van der Waals surface area contributed by atoms with Gasteiger partial charge in [-0.2, -0.15) is 5.26 Å². The molecule has 1 fully saturated rings. The molecule has 78 valence electrons. The van der Waals surface area contributed by atoms with Gasteiger partial charge in [0.15, 0.2) is 0 Å². The number of anilines is 1. The molecule has 0 spiro atoms. The van der Waals surface area contributed by atoms with Crippen molar-refractivity contribution in [1.82, 2.24) is 10.3 Å². The first-order valence-corrected chi connectivity index (χ1v) is 5.15. The Labute approximate surface area is 89.5 Å². The van der Waals surface area contributed by atoms with E-state index in [9.17, 15) is 0 Å². The van der Waals surface area contributed by atoms with Gasteiger partial charge >= 0.3 is 0 Å². The molecule has 1 unspecified atom stereocenters. The smallest absolute Gasteiger partial charge is 0.142 e. The van der Waals surface area contributed by atoms with Gasteiger partial charge in [-0.3, -0.25) is 0 Å². The van der Waals surface area contributed by atoms with Gasteiger partial charge in [0.2, 0.25) is 0 Å². The summed E-state index contributed by atoms with van der Waals surface area (Å²) in [5.74, 6) is 0.905. The monoisotopic (exact) mass is 202 g/mol. The van der Waals surface area contributed by atoms with Crippen molar-refractivity contribution in [2.45, 2.75) is 13.0 Å². The molecule has 1 aliphatic rings. The fourth-order valence-corrected chi connectivity index (χ4v) is 1.80. The summed E-state index contributed by atoms with van der Waals surface area (Å²) in [6, 6.07) is 8.11. The van der Waals surface area contributed by atoms with E-state index in [1.54, 1.807) is 6.07 Å². The lowest BCUT2D eigenvalue weighted by Gasteiger charge is -2.32. The molecule has 1 atom stereocenters. The van der Waals surface area contributed by atoms with Crippen LogP contribution in [0.4, 0.5) is 5.82 Å². The Bertz CT molecular complexity index is 382. The minimum atomic E-state index is 0.478. The fourth-order valence-electron chi connectivity index (χ4n) is 1.80. The molecular weight excluding hydrogens is 188 g/mol. The van der Waals surface area contributed by atoms with E-state index in [-0.39, 0.29) is 0 Å². The molecular formula is C11H14N4. The number of piperazine rings is 1. The predicted molar refractivity (Wildman–Crippen MR) is 58.6 cm³/mol. The molecule has 2 heterocycles. The fraction of sp³-hybridized carbons (Fsp3) is 0.455. The van der Waals surface area contributed by atoms with Crippen LogP contribution in [0, 0.1) is 11.3 Å². The predicted octanol–water partition coefficient (Wildman–Crippen LogP) is 0.751. The first-order chi connectivity index (χ1) is 7.29. The Morgan fingerprint density at radius 2 is 2.47 bits per heavy atom. The van der Waals surface area contributed by atoms with Crippen LogP contribution in [-0.4, -0.2) is 30.7 Å². The minimum absolute atomic E-state index is 0.478. The van der Waals surface area contributed by atoms with E-state index >= 15 is 0 Å².